The summed E-state index contributed by atoms with van der Waals surface area (Å²) in [6, 6.07) is 11.8. The van der Waals surface area contributed by atoms with Crippen LogP contribution in [0.2, 0.25) is 5.02 Å². The van der Waals surface area contributed by atoms with Crippen LogP contribution in [0, 0.1) is 0 Å². The van der Waals surface area contributed by atoms with E-state index in [1.807, 2.05) is 0 Å². The lowest BCUT2D eigenvalue weighted by Crippen LogP contribution is -2.27. The van der Waals surface area contributed by atoms with E-state index in [1.54, 1.807) is 56.6 Å². The predicted molar refractivity (Wildman–Crippen MR) is 97.7 cm³/mol. The summed E-state index contributed by atoms with van der Waals surface area (Å²) in [7, 11) is 3.33. The number of rotatable bonds is 5. The van der Waals surface area contributed by atoms with Crippen molar-refractivity contribution in [1.82, 2.24) is 4.90 Å². The van der Waals surface area contributed by atoms with Crippen LogP contribution < -0.4 is 10.1 Å². The monoisotopic (exact) mass is 410 g/mol. The Hall–Kier alpha value is -2.05. The minimum Gasteiger partial charge on any atom is -0.484 e. The molecule has 0 saturated carbocycles. The van der Waals surface area contributed by atoms with Crippen molar-refractivity contribution in [3.63, 3.8) is 0 Å². The highest BCUT2D eigenvalue weighted by molar-refractivity contribution is 9.10. The molecule has 0 unspecified atom stereocenters. The number of likely N-dealkylation sites (N-methyl/N-ethyl adjacent to an activating group) is 1. The van der Waals surface area contributed by atoms with Gasteiger partial charge in [0.15, 0.2) is 6.61 Å². The fourth-order valence-electron chi connectivity index (χ4n) is 1.78. The Balaban J connectivity index is 1.98. The molecule has 2 aromatic carbocycles. The molecule has 126 valence electrons. The van der Waals surface area contributed by atoms with E-state index in [9.17, 15) is 9.59 Å². The van der Waals surface area contributed by atoms with Crippen molar-refractivity contribution in [3.8, 4) is 5.75 Å². The Kier molecular flexibility index (Phi) is 6.23. The molecule has 0 fully saturated rings. The molecule has 0 heterocycles. The molecule has 0 spiro atoms. The zero-order valence-electron chi connectivity index (χ0n) is 13.2. The maximum absolute atomic E-state index is 12.2. The Morgan fingerprint density at radius 3 is 2.42 bits per heavy atom. The molecule has 2 rings (SSSR count). The summed E-state index contributed by atoms with van der Waals surface area (Å²) in [5, 5.41) is 3.12. The zero-order valence-corrected chi connectivity index (χ0v) is 15.5. The van der Waals surface area contributed by atoms with Crippen molar-refractivity contribution in [2.24, 2.45) is 0 Å². The first-order valence-corrected chi connectivity index (χ1v) is 8.23. The van der Waals surface area contributed by atoms with Gasteiger partial charge in [-0.05, 0) is 42.5 Å². The Morgan fingerprint density at radius 2 is 1.83 bits per heavy atom. The van der Waals surface area contributed by atoms with Gasteiger partial charge in [0.05, 0.1) is 10.6 Å². The average molecular weight is 412 g/mol. The van der Waals surface area contributed by atoms with Crippen molar-refractivity contribution in [2.75, 3.05) is 26.0 Å². The number of carbonyl (C=O) groups excluding carboxylic acids is 2. The number of carbonyl (C=O) groups is 2. The molecule has 0 aliphatic heterocycles. The second-order valence-electron chi connectivity index (χ2n) is 5.18. The molecule has 0 atom stereocenters. The molecule has 7 heteroatoms. The van der Waals surface area contributed by atoms with Gasteiger partial charge in [0.2, 0.25) is 0 Å². The van der Waals surface area contributed by atoms with Gasteiger partial charge in [-0.25, -0.2) is 0 Å². The number of halogens is 2. The quantitative estimate of drug-likeness (QED) is 0.813. The van der Waals surface area contributed by atoms with Gasteiger partial charge in [-0.3, -0.25) is 9.59 Å². The van der Waals surface area contributed by atoms with Crippen LogP contribution in [0.1, 0.15) is 10.4 Å². The number of benzene rings is 2. The number of anilines is 1. The lowest BCUT2D eigenvalue weighted by Gasteiger charge is -2.12. The van der Waals surface area contributed by atoms with Crippen LogP contribution in [0.15, 0.2) is 46.9 Å². The lowest BCUT2D eigenvalue weighted by molar-refractivity contribution is -0.130. The van der Waals surface area contributed by atoms with Gasteiger partial charge in [0, 0.05) is 24.3 Å². The first-order chi connectivity index (χ1) is 11.4. The third kappa shape index (κ3) is 4.97. The summed E-state index contributed by atoms with van der Waals surface area (Å²) in [5.74, 6) is 0.117. The summed E-state index contributed by atoms with van der Waals surface area (Å²) < 4.78 is 6.18. The molecule has 2 aromatic rings. The third-order valence-electron chi connectivity index (χ3n) is 3.15. The molecule has 1 N–H and O–H groups in total. The summed E-state index contributed by atoms with van der Waals surface area (Å²) in [6.45, 7) is -0.0345. The van der Waals surface area contributed by atoms with Gasteiger partial charge in [-0.1, -0.05) is 27.5 Å². The molecule has 0 saturated heterocycles. The van der Waals surface area contributed by atoms with Crippen LogP contribution in [0.25, 0.3) is 0 Å². The van der Waals surface area contributed by atoms with Crippen molar-refractivity contribution >= 4 is 45.0 Å². The molecule has 0 radical (unpaired) electrons. The molecular formula is C17H16BrClN2O3. The van der Waals surface area contributed by atoms with E-state index in [2.05, 4.69) is 21.2 Å². The minimum absolute atomic E-state index is 0.0345. The van der Waals surface area contributed by atoms with E-state index in [-0.39, 0.29) is 18.4 Å². The van der Waals surface area contributed by atoms with Crippen molar-refractivity contribution < 1.29 is 14.3 Å². The average Bonchev–Trinajstić information content (AvgIpc) is 2.53. The van der Waals surface area contributed by atoms with Crippen LogP contribution in [-0.2, 0) is 4.79 Å². The van der Waals surface area contributed by atoms with Gasteiger partial charge < -0.3 is 15.0 Å². The second kappa shape index (κ2) is 8.17. The molecular weight excluding hydrogens is 396 g/mol. The number of hydrogen-bond acceptors (Lipinski definition) is 3. The Morgan fingerprint density at radius 1 is 1.17 bits per heavy atom. The van der Waals surface area contributed by atoms with Crippen LogP contribution in [-0.4, -0.2) is 37.4 Å². The number of amides is 2. The molecule has 0 bridgehead atoms. The Labute approximate surface area is 153 Å². The summed E-state index contributed by atoms with van der Waals surface area (Å²) in [6.07, 6.45) is 0. The van der Waals surface area contributed by atoms with Crippen molar-refractivity contribution in [2.45, 2.75) is 0 Å². The smallest absolute Gasteiger partial charge is 0.259 e. The predicted octanol–water partition coefficient (Wildman–Crippen LogP) is 3.82. The first kappa shape index (κ1) is 18.3. The molecule has 24 heavy (non-hydrogen) atoms. The van der Waals surface area contributed by atoms with E-state index in [1.165, 1.54) is 4.90 Å². The van der Waals surface area contributed by atoms with E-state index in [0.29, 0.717) is 22.0 Å². The lowest BCUT2D eigenvalue weighted by atomic mass is 10.2. The van der Waals surface area contributed by atoms with Gasteiger partial charge in [-0.15, -0.1) is 0 Å². The molecule has 2 amide bonds. The topological polar surface area (TPSA) is 58.6 Å². The summed E-state index contributed by atoms with van der Waals surface area (Å²) in [5.41, 5.74) is 0.988. The van der Waals surface area contributed by atoms with Crippen molar-refractivity contribution in [3.05, 3.63) is 57.5 Å². The van der Waals surface area contributed by atoms with Crippen LogP contribution in [0.5, 0.6) is 5.75 Å². The van der Waals surface area contributed by atoms with E-state index < -0.39 is 0 Å². The second-order valence-corrected chi connectivity index (χ2v) is 6.50. The van der Waals surface area contributed by atoms with Gasteiger partial charge in [0.1, 0.15) is 5.75 Å². The van der Waals surface area contributed by atoms with E-state index >= 15 is 0 Å². The highest BCUT2D eigenvalue weighted by Crippen LogP contribution is 2.23. The maximum Gasteiger partial charge on any atom is 0.259 e. The molecule has 5 nitrogen and oxygen atoms in total. The highest BCUT2D eigenvalue weighted by atomic mass is 79.9. The number of hydrogen-bond donors (Lipinski definition) is 1. The normalized spacial score (nSPS) is 10.2. The fourth-order valence-corrected chi connectivity index (χ4v) is 2.54. The SMILES string of the molecule is CN(C)C(=O)COc1ccc(NC(=O)c2ccc(Br)cc2Cl)cc1. The maximum atomic E-state index is 12.2. The minimum atomic E-state index is -0.302. The van der Waals surface area contributed by atoms with Crippen molar-refractivity contribution in [1.29, 1.82) is 0 Å². The van der Waals surface area contributed by atoms with Crippen LogP contribution in [0.4, 0.5) is 5.69 Å². The fraction of sp³-hybridized carbons (Fsp3) is 0.176. The van der Waals surface area contributed by atoms with Gasteiger partial charge in [0.25, 0.3) is 11.8 Å². The van der Waals surface area contributed by atoms with Gasteiger partial charge >= 0.3 is 0 Å². The summed E-state index contributed by atoms with van der Waals surface area (Å²) >= 11 is 9.36. The number of nitrogens with one attached hydrogen (secondary N) is 1. The zero-order chi connectivity index (χ0) is 17.7. The molecule has 0 aromatic heterocycles. The summed E-state index contributed by atoms with van der Waals surface area (Å²) in [4.78, 5) is 25.2. The Bertz CT molecular complexity index is 748. The molecule has 0 aliphatic rings. The highest BCUT2D eigenvalue weighted by Gasteiger charge is 2.11. The first-order valence-electron chi connectivity index (χ1n) is 7.06. The van der Waals surface area contributed by atoms with Crippen LogP contribution in [0.3, 0.4) is 0 Å². The van der Waals surface area contributed by atoms with E-state index in [4.69, 9.17) is 16.3 Å². The number of ether oxygens (including phenoxy) is 1. The standard InChI is InChI=1S/C17H16BrClN2O3/c1-21(2)16(22)10-24-13-6-4-12(5-7-13)20-17(23)14-8-3-11(18)9-15(14)19/h3-9H,10H2,1-2H3,(H,20,23). The number of nitrogens with zero attached hydrogens (tertiary/aromatic N) is 1. The third-order valence-corrected chi connectivity index (χ3v) is 3.96. The van der Waals surface area contributed by atoms with Gasteiger partial charge in [-0.2, -0.15) is 0 Å². The molecule has 0 aliphatic carbocycles. The van der Waals surface area contributed by atoms with Crippen LogP contribution >= 0.6 is 27.5 Å². The largest absolute Gasteiger partial charge is 0.484 e. The van der Waals surface area contributed by atoms with E-state index in [0.717, 1.165) is 4.47 Å².